The van der Waals surface area contributed by atoms with Crippen LogP contribution in [0.4, 0.5) is 5.69 Å². The van der Waals surface area contributed by atoms with Gasteiger partial charge in [-0.1, -0.05) is 56.3 Å². The number of thioether (sulfide) groups is 1. The minimum atomic E-state index is -0.766. The van der Waals surface area contributed by atoms with Crippen LogP contribution in [0, 0.1) is 12.8 Å². The van der Waals surface area contributed by atoms with Crippen molar-refractivity contribution in [2.24, 2.45) is 5.92 Å². The van der Waals surface area contributed by atoms with Crippen molar-refractivity contribution in [2.45, 2.75) is 51.9 Å². The molecule has 0 N–H and O–H groups in total. The van der Waals surface area contributed by atoms with Gasteiger partial charge in [0, 0.05) is 17.7 Å². The maximum Gasteiger partial charge on any atom is 0.247 e. The smallest absolute Gasteiger partial charge is 0.247 e. The maximum absolute atomic E-state index is 13.5. The molecular weight excluding hydrogens is 448 g/mol. The molecule has 1 aliphatic heterocycles. The molecule has 0 radical (unpaired) electrons. The third-order valence-corrected chi connectivity index (χ3v) is 6.71. The van der Waals surface area contributed by atoms with E-state index in [1.54, 1.807) is 23.8 Å². The second kappa shape index (κ2) is 10.4. The highest BCUT2D eigenvalue weighted by molar-refractivity contribution is 7.99. The van der Waals surface area contributed by atoms with E-state index in [-0.39, 0.29) is 5.91 Å². The number of carbonyl (C=O) groups is 1. The molecule has 0 saturated heterocycles. The molecular formula is C26H30N4O3S. The fourth-order valence-corrected chi connectivity index (χ4v) is 4.59. The van der Waals surface area contributed by atoms with Crippen LogP contribution in [0.2, 0.25) is 0 Å². The van der Waals surface area contributed by atoms with Crippen molar-refractivity contribution in [3.05, 3.63) is 53.6 Å². The molecule has 34 heavy (non-hydrogen) atoms. The van der Waals surface area contributed by atoms with Crippen LogP contribution in [-0.4, -0.2) is 34.0 Å². The number of aryl methyl sites for hydroxylation is 1. The first-order valence-electron chi connectivity index (χ1n) is 11.5. The van der Waals surface area contributed by atoms with Gasteiger partial charge in [-0.3, -0.25) is 9.69 Å². The normalized spacial score (nSPS) is 14.8. The number of anilines is 1. The minimum absolute atomic E-state index is 0.0429. The van der Waals surface area contributed by atoms with Crippen molar-refractivity contribution < 1.29 is 14.3 Å². The van der Waals surface area contributed by atoms with Gasteiger partial charge in [-0.05, 0) is 43.5 Å². The van der Waals surface area contributed by atoms with Gasteiger partial charge in [0.1, 0.15) is 5.75 Å². The van der Waals surface area contributed by atoms with Crippen LogP contribution < -0.4 is 14.4 Å². The van der Waals surface area contributed by atoms with Crippen LogP contribution in [0.25, 0.3) is 11.3 Å². The molecule has 0 fully saturated rings. The predicted octanol–water partition coefficient (Wildman–Crippen LogP) is 5.83. The lowest BCUT2D eigenvalue weighted by Crippen LogP contribution is -2.37. The van der Waals surface area contributed by atoms with E-state index in [1.807, 2.05) is 56.3 Å². The van der Waals surface area contributed by atoms with Gasteiger partial charge >= 0.3 is 0 Å². The van der Waals surface area contributed by atoms with Crippen LogP contribution in [0.3, 0.4) is 0 Å². The van der Waals surface area contributed by atoms with Gasteiger partial charge in [0.05, 0.1) is 18.4 Å². The number of rotatable bonds is 7. The highest BCUT2D eigenvalue weighted by Crippen LogP contribution is 2.45. The van der Waals surface area contributed by atoms with Crippen LogP contribution in [0.1, 0.15) is 51.0 Å². The van der Waals surface area contributed by atoms with Crippen LogP contribution in [0.5, 0.6) is 11.6 Å². The number of carbonyl (C=O) groups excluding carboxylic acids is 1. The molecule has 0 aliphatic carbocycles. The van der Waals surface area contributed by atoms with Gasteiger partial charge in [0.15, 0.2) is 5.69 Å². The molecule has 0 unspecified atom stereocenters. The van der Waals surface area contributed by atoms with Crippen molar-refractivity contribution in [1.29, 1.82) is 0 Å². The number of ether oxygens (including phenoxy) is 2. The molecule has 8 heteroatoms. The number of aromatic nitrogens is 3. The molecule has 1 aliphatic rings. The number of hydrogen-bond acceptors (Lipinski definition) is 7. The Kier molecular flexibility index (Phi) is 7.36. The van der Waals surface area contributed by atoms with E-state index in [0.717, 1.165) is 34.6 Å². The number of fused-ring (bicyclic) bond motifs is 3. The summed E-state index contributed by atoms with van der Waals surface area (Å²) < 4.78 is 12.2. The van der Waals surface area contributed by atoms with E-state index < -0.39 is 6.23 Å². The fraction of sp³-hybridized carbons (Fsp3) is 0.385. The zero-order chi connectivity index (χ0) is 24.2. The van der Waals surface area contributed by atoms with Crippen molar-refractivity contribution in [2.75, 3.05) is 17.8 Å². The molecule has 2 aromatic carbocycles. The van der Waals surface area contributed by atoms with Crippen LogP contribution in [-0.2, 0) is 4.79 Å². The summed E-state index contributed by atoms with van der Waals surface area (Å²) in [5, 5.41) is 9.44. The molecule has 0 saturated carbocycles. The zero-order valence-electron chi connectivity index (χ0n) is 20.2. The average Bonchev–Trinajstić information content (AvgIpc) is 2.96. The van der Waals surface area contributed by atoms with Gasteiger partial charge < -0.3 is 9.47 Å². The Balaban J connectivity index is 1.93. The van der Waals surface area contributed by atoms with Crippen molar-refractivity contribution in [3.8, 4) is 22.9 Å². The number of methoxy groups -OCH3 is 1. The Bertz CT molecular complexity index is 1180. The van der Waals surface area contributed by atoms with E-state index in [9.17, 15) is 4.79 Å². The monoisotopic (exact) mass is 478 g/mol. The second-order valence-corrected chi connectivity index (χ2v) is 9.69. The largest absolute Gasteiger partial charge is 0.496 e. The number of para-hydroxylation sites is 1. The number of nitrogens with zero attached hydrogens (tertiary/aromatic N) is 4. The van der Waals surface area contributed by atoms with Gasteiger partial charge in [-0.15, -0.1) is 10.2 Å². The van der Waals surface area contributed by atoms with Gasteiger partial charge in [0.25, 0.3) is 0 Å². The quantitative estimate of drug-likeness (QED) is 0.396. The third-order valence-electron chi connectivity index (χ3n) is 5.44. The molecule has 0 bridgehead atoms. The van der Waals surface area contributed by atoms with Crippen molar-refractivity contribution in [1.82, 2.24) is 15.2 Å². The first kappa shape index (κ1) is 24.0. The first-order chi connectivity index (χ1) is 16.4. The van der Waals surface area contributed by atoms with Gasteiger partial charge in [-0.25, -0.2) is 0 Å². The summed E-state index contributed by atoms with van der Waals surface area (Å²) >= 11 is 1.54. The first-order valence-corrected chi connectivity index (χ1v) is 12.5. The lowest BCUT2D eigenvalue weighted by molar-refractivity contribution is -0.120. The Morgan fingerprint density at radius 3 is 2.74 bits per heavy atom. The Labute approximate surface area is 204 Å². The fourth-order valence-electron chi connectivity index (χ4n) is 3.86. The third kappa shape index (κ3) is 4.87. The molecule has 1 amide bonds. The number of benzene rings is 2. The molecule has 4 rings (SSSR count). The lowest BCUT2D eigenvalue weighted by Gasteiger charge is -2.31. The predicted molar refractivity (Wildman–Crippen MR) is 134 cm³/mol. The van der Waals surface area contributed by atoms with E-state index in [0.29, 0.717) is 34.8 Å². The molecule has 178 valence electrons. The highest BCUT2D eigenvalue weighted by atomic mass is 32.2. The standard InChI is InChI=1S/C26H30N4O3S/c1-6-9-22(31)30-20-13-12-17(4)14-19(20)23-24(27-26(29-28-23)34-15-16(2)3)33-25(30)18-10-7-8-11-21(18)32-5/h7-8,10-14,16,25H,6,9,15H2,1-5H3/t25-/m1/s1. The summed E-state index contributed by atoms with van der Waals surface area (Å²) in [5.74, 6) is 2.30. The lowest BCUT2D eigenvalue weighted by atomic mass is 10.0. The summed E-state index contributed by atoms with van der Waals surface area (Å²) in [6.45, 7) is 8.29. The van der Waals surface area contributed by atoms with Crippen molar-refractivity contribution >= 4 is 23.4 Å². The Morgan fingerprint density at radius 1 is 1.21 bits per heavy atom. The topological polar surface area (TPSA) is 77.4 Å². The highest BCUT2D eigenvalue weighted by Gasteiger charge is 2.37. The summed E-state index contributed by atoms with van der Waals surface area (Å²) in [6.07, 6.45) is 0.334. The van der Waals surface area contributed by atoms with Gasteiger partial charge in [0.2, 0.25) is 23.2 Å². The van der Waals surface area contributed by atoms with E-state index in [2.05, 4.69) is 24.0 Å². The maximum atomic E-state index is 13.5. The molecule has 1 aromatic heterocycles. The van der Waals surface area contributed by atoms with E-state index in [1.165, 1.54) is 0 Å². The minimum Gasteiger partial charge on any atom is -0.496 e. The number of hydrogen-bond donors (Lipinski definition) is 0. The molecule has 0 spiro atoms. The summed E-state index contributed by atoms with van der Waals surface area (Å²) in [6, 6.07) is 13.5. The summed E-state index contributed by atoms with van der Waals surface area (Å²) in [4.78, 5) is 20.0. The van der Waals surface area contributed by atoms with Crippen molar-refractivity contribution in [3.63, 3.8) is 0 Å². The molecule has 7 nitrogen and oxygen atoms in total. The summed E-state index contributed by atoms with van der Waals surface area (Å²) in [7, 11) is 1.61. The molecule has 2 heterocycles. The number of amides is 1. The Hall–Kier alpha value is -3.13. The van der Waals surface area contributed by atoms with E-state index >= 15 is 0 Å². The summed E-state index contributed by atoms with van der Waals surface area (Å²) in [5.41, 5.74) is 3.81. The van der Waals surface area contributed by atoms with Crippen LogP contribution in [0.15, 0.2) is 47.6 Å². The van der Waals surface area contributed by atoms with E-state index in [4.69, 9.17) is 14.5 Å². The average molecular weight is 479 g/mol. The SMILES string of the molecule is CCCC(=O)N1c2ccc(C)cc2-c2nnc(SCC(C)C)nc2O[C@@H]1c1ccccc1OC. The van der Waals surface area contributed by atoms with Crippen LogP contribution >= 0.6 is 11.8 Å². The zero-order valence-corrected chi connectivity index (χ0v) is 21.1. The van der Waals surface area contributed by atoms with Gasteiger partial charge in [-0.2, -0.15) is 4.98 Å². The second-order valence-electron chi connectivity index (χ2n) is 8.70. The molecule has 1 atom stereocenters. The Morgan fingerprint density at radius 2 is 2.00 bits per heavy atom. The molecule has 3 aromatic rings.